The highest BCUT2D eigenvalue weighted by molar-refractivity contribution is 6.04. The van der Waals surface area contributed by atoms with Crippen molar-refractivity contribution in [2.45, 2.75) is 26.2 Å². The van der Waals surface area contributed by atoms with Gasteiger partial charge in [-0.25, -0.2) is 0 Å². The van der Waals surface area contributed by atoms with Gasteiger partial charge in [0.1, 0.15) is 0 Å². The third-order valence-corrected chi connectivity index (χ3v) is 3.64. The number of nitrogens with zero attached hydrogens (tertiary/aromatic N) is 1. The maximum Gasteiger partial charge on any atom is 0.257 e. The van der Waals surface area contributed by atoms with Gasteiger partial charge in [0.05, 0.1) is 17.9 Å². The lowest BCUT2D eigenvalue weighted by molar-refractivity contribution is 0.102. The second-order valence-electron chi connectivity index (χ2n) is 6.66. The monoisotopic (exact) mass is 327 g/mol. The van der Waals surface area contributed by atoms with Gasteiger partial charge in [0.2, 0.25) is 0 Å². The van der Waals surface area contributed by atoms with Crippen LogP contribution in [0.5, 0.6) is 0 Å². The van der Waals surface area contributed by atoms with Crippen LogP contribution in [0.15, 0.2) is 42.7 Å². The molecule has 0 radical (unpaired) electrons. The first-order valence-electron chi connectivity index (χ1n) is 8.00. The molecule has 1 aromatic heterocycles. The van der Waals surface area contributed by atoms with E-state index in [1.807, 2.05) is 24.3 Å². The van der Waals surface area contributed by atoms with E-state index in [0.29, 0.717) is 18.7 Å². The number of nitrogens with one attached hydrogen (secondary N) is 2. The number of pyridine rings is 1. The Labute approximate surface area is 143 Å². The minimum Gasteiger partial charge on any atom is -0.383 e. The second kappa shape index (κ2) is 7.93. The van der Waals surface area contributed by atoms with Crippen LogP contribution >= 0.6 is 0 Å². The Morgan fingerprint density at radius 1 is 1.12 bits per heavy atom. The van der Waals surface area contributed by atoms with Crippen molar-refractivity contribution in [1.82, 2.24) is 4.98 Å². The van der Waals surface area contributed by atoms with Crippen LogP contribution in [0.1, 0.15) is 36.7 Å². The van der Waals surface area contributed by atoms with E-state index < -0.39 is 0 Å². The van der Waals surface area contributed by atoms with Crippen molar-refractivity contribution in [2.24, 2.45) is 0 Å². The summed E-state index contributed by atoms with van der Waals surface area (Å²) in [5.41, 5.74) is 3.40. The molecule has 0 unspecified atom stereocenters. The molecule has 2 aromatic rings. The molecule has 128 valence electrons. The molecule has 0 spiro atoms. The van der Waals surface area contributed by atoms with E-state index in [-0.39, 0.29) is 11.3 Å². The molecule has 0 atom stereocenters. The van der Waals surface area contributed by atoms with E-state index in [4.69, 9.17) is 4.74 Å². The Kier molecular flexibility index (Phi) is 5.93. The van der Waals surface area contributed by atoms with Crippen LogP contribution in [0.2, 0.25) is 0 Å². The van der Waals surface area contributed by atoms with Gasteiger partial charge in [-0.05, 0) is 29.2 Å². The van der Waals surface area contributed by atoms with E-state index in [0.717, 1.165) is 11.4 Å². The van der Waals surface area contributed by atoms with Crippen LogP contribution in [0.25, 0.3) is 0 Å². The van der Waals surface area contributed by atoms with E-state index in [1.54, 1.807) is 25.6 Å². The smallest absolute Gasteiger partial charge is 0.257 e. The minimum atomic E-state index is -0.179. The summed E-state index contributed by atoms with van der Waals surface area (Å²) < 4.78 is 4.99. The fourth-order valence-corrected chi connectivity index (χ4v) is 2.22. The number of aromatic nitrogens is 1. The summed E-state index contributed by atoms with van der Waals surface area (Å²) in [6, 6.07) is 9.70. The van der Waals surface area contributed by atoms with Crippen LogP contribution in [0.3, 0.4) is 0 Å². The molecular formula is C19H25N3O2. The van der Waals surface area contributed by atoms with Gasteiger partial charge in [-0.15, -0.1) is 0 Å². The molecule has 0 saturated heterocycles. The lowest BCUT2D eigenvalue weighted by atomic mass is 9.87. The summed E-state index contributed by atoms with van der Waals surface area (Å²) in [6.45, 7) is 7.74. The van der Waals surface area contributed by atoms with E-state index in [9.17, 15) is 4.79 Å². The zero-order valence-electron chi connectivity index (χ0n) is 14.7. The Morgan fingerprint density at radius 3 is 2.46 bits per heavy atom. The van der Waals surface area contributed by atoms with Crippen LogP contribution in [-0.4, -0.2) is 31.2 Å². The Bertz CT molecular complexity index is 676. The van der Waals surface area contributed by atoms with E-state index in [2.05, 4.69) is 36.4 Å². The van der Waals surface area contributed by atoms with Crippen molar-refractivity contribution >= 4 is 17.3 Å². The fraction of sp³-hybridized carbons (Fsp3) is 0.368. The standard InChI is InChI=1S/C19H25N3O2/c1-19(2,3)15-5-7-16(8-6-15)22-18(23)14-11-17(13-20-12-14)21-9-10-24-4/h5-8,11-13,21H,9-10H2,1-4H3,(H,22,23). The Morgan fingerprint density at radius 2 is 1.83 bits per heavy atom. The number of hydrogen-bond donors (Lipinski definition) is 2. The topological polar surface area (TPSA) is 63.2 Å². The number of methoxy groups -OCH3 is 1. The summed E-state index contributed by atoms with van der Waals surface area (Å²) in [7, 11) is 1.65. The zero-order chi connectivity index (χ0) is 17.6. The molecule has 2 rings (SSSR count). The number of hydrogen-bond acceptors (Lipinski definition) is 4. The highest BCUT2D eigenvalue weighted by Gasteiger charge is 2.13. The average Bonchev–Trinajstić information content (AvgIpc) is 2.55. The summed E-state index contributed by atoms with van der Waals surface area (Å²) in [5.74, 6) is -0.179. The quantitative estimate of drug-likeness (QED) is 0.794. The molecule has 0 bridgehead atoms. The number of carbonyl (C=O) groups is 1. The predicted molar refractivity (Wildman–Crippen MR) is 97.7 cm³/mol. The molecule has 1 amide bonds. The molecule has 2 N–H and O–H groups in total. The third kappa shape index (κ3) is 5.06. The maximum atomic E-state index is 12.4. The van der Waals surface area contributed by atoms with Gasteiger partial charge in [0, 0.05) is 31.7 Å². The van der Waals surface area contributed by atoms with E-state index >= 15 is 0 Å². The average molecular weight is 327 g/mol. The van der Waals surface area contributed by atoms with Gasteiger partial charge in [-0.2, -0.15) is 0 Å². The van der Waals surface area contributed by atoms with Crippen LogP contribution in [0, 0.1) is 0 Å². The molecule has 0 fully saturated rings. The third-order valence-electron chi connectivity index (χ3n) is 3.64. The number of ether oxygens (including phenoxy) is 1. The number of benzene rings is 1. The van der Waals surface area contributed by atoms with Crippen LogP contribution in [0.4, 0.5) is 11.4 Å². The molecule has 0 saturated carbocycles. The summed E-state index contributed by atoms with van der Waals surface area (Å²) in [6.07, 6.45) is 3.24. The van der Waals surface area contributed by atoms with Gasteiger partial charge in [0.25, 0.3) is 5.91 Å². The fourth-order valence-electron chi connectivity index (χ4n) is 2.22. The molecule has 5 nitrogen and oxygen atoms in total. The maximum absolute atomic E-state index is 12.4. The summed E-state index contributed by atoms with van der Waals surface area (Å²) in [4.78, 5) is 16.5. The van der Waals surface area contributed by atoms with Crippen molar-refractivity contribution in [1.29, 1.82) is 0 Å². The highest BCUT2D eigenvalue weighted by atomic mass is 16.5. The molecule has 24 heavy (non-hydrogen) atoms. The number of amides is 1. The van der Waals surface area contributed by atoms with E-state index in [1.165, 1.54) is 5.56 Å². The van der Waals surface area contributed by atoms with Gasteiger partial charge < -0.3 is 15.4 Å². The van der Waals surface area contributed by atoms with Gasteiger partial charge in [0.15, 0.2) is 0 Å². The van der Waals surface area contributed by atoms with Crippen molar-refractivity contribution in [3.63, 3.8) is 0 Å². The predicted octanol–water partition coefficient (Wildman–Crippen LogP) is 3.69. The first-order valence-corrected chi connectivity index (χ1v) is 8.00. The van der Waals surface area contributed by atoms with Gasteiger partial charge >= 0.3 is 0 Å². The number of anilines is 2. The first-order chi connectivity index (χ1) is 11.4. The lowest BCUT2D eigenvalue weighted by Crippen LogP contribution is -2.14. The number of rotatable bonds is 6. The van der Waals surface area contributed by atoms with Crippen LogP contribution < -0.4 is 10.6 Å². The molecule has 5 heteroatoms. The zero-order valence-corrected chi connectivity index (χ0v) is 14.7. The van der Waals surface area contributed by atoms with Gasteiger partial charge in [-0.1, -0.05) is 32.9 Å². The van der Waals surface area contributed by atoms with Crippen molar-refractivity contribution in [3.8, 4) is 0 Å². The lowest BCUT2D eigenvalue weighted by Gasteiger charge is -2.19. The largest absolute Gasteiger partial charge is 0.383 e. The van der Waals surface area contributed by atoms with Gasteiger partial charge in [-0.3, -0.25) is 9.78 Å². The molecular weight excluding hydrogens is 302 g/mol. The Hall–Kier alpha value is -2.40. The Balaban J connectivity index is 2.03. The molecule has 0 aliphatic rings. The minimum absolute atomic E-state index is 0.0919. The van der Waals surface area contributed by atoms with Crippen molar-refractivity contribution in [3.05, 3.63) is 53.9 Å². The summed E-state index contributed by atoms with van der Waals surface area (Å²) >= 11 is 0. The summed E-state index contributed by atoms with van der Waals surface area (Å²) in [5, 5.41) is 6.06. The van der Waals surface area contributed by atoms with Crippen LogP contribution in [-0.2, 0) is 10.2 Å². The molecule has 1 heterocycles. The first kappa shape index (κ1) is 17.9. The molecule has 0 aliphatic carbocycles. The molecule has 0 aliphatic heterocycles. The van der Waals surface area contributed by atoms with Crippen molar-refractivity contribution in [2.75, 3.05) is 30.9 Å². The molecule has 1 aromatic carbocycles. The van der Waals surface area contributed by atoms with Crippen molar-refractivity contribution < 1.29 is 9.53 Å². The highest BCUT2D eigenvalue weighted by Crippen LogP contribution is 2.23. The normalized spacial score (nSPS) is 11.2. The number of carbonyl (C=O) groups excluding carboxylic acids is 1. The second-order valence-corrected chi connectivity index (χ2v) is 6.66. The SMILES string of the molecule is COCCNc1cncc(C(=O)Nc2ccc(C(C)(C)C)cc2)c1.